The van der Waals surface area contributed by atoms with E-state index < -0.39 is 0 Å². The Kier molecular flexibility index (Phi) is 4.99. The van der Waals surface area contributed by atoms with Crippen molar-refractivity contribution in [2.45, 2.75) is 46.5 Å². The van der Waals surface area contributed by atoms with Crippen LogP contribution in [0.2, 0.25) is 0 Å². The SMILES string of the molecule is CCCCCC(C)(C)CNc1nc(N)nc2ccccc12. The lowest BCUT2D eigenvalue weighted by atomic mass is 9.87. The number of unbranched alkanes of at least 4 members (excludes halogenated alkanes) is 2. The van der Waals surface area contributed by atoms with Crippen molar-refractivity contribution in [3.63, 3.8) is 0 Å². The summed E-state index contributed by atoms with van der Waals surface area (Å²) < 4.78 is 0. The van der Waals surface area contributed by atoms with Gasteiger partial charge in [-0.05, 0) is 24.0 Å². The monoisotopic (exact) mass is 286 g/mol. The van der Waals surface area contributed by atoms with Gasteiger partial charge in [0.25, 0.3) is 0 Å². The molecule has 0 spiro atoms. The Bertz CT molecular complexity index is 592. The molecule has 4 nitrogen and oxygen atoms in total. The standard InChI is InChI=1S/C17H26N4/c1-4-5-8-11-17(2,3)12-19-15-13-9-6-7-10-14(13)20-16(18)21-15/h6-7,9-10H,4-5,8,11-12H2,1-3H3,(H3,18,19,20,21). The molecule has 0 radical (unpaired) electrons. The summed E-state index contributed by atoms with van der Waals surface area (Å²) in [6, 6.07) is 7.96. The van der Waals surface area contributed by atoms with E-state index in [9.17, 15) is 0 Å². The molecular formula is C17H26N4. The third kappa shape index (κ3) is 4.31. The summed E-state index contributed by atoms with van der Waals surface area (Å²) in [7, 11) is 0. The van der Waals surface area contributed by atoms with E-state index in [4.69, 9.17) is 5.73 Å². The molecule has 2 rings (SSSR count). The number of aromatic nitrogens is 2. The molecular weight excluding hydrogens is 260 g/mol. The van der Waals surface area contributed by atoms with Crippen LogP contribution in [-0.4, -0.2) is 16.5 Å². The van der Waals surface area contributed by atoms with Crippen LogP contribution in [0, 0.1) is 5.41 Å². The van der Waals surface area contributed by atoms with Crippen molar-refractivity contribution in [3.8, 4) is 0 Å². The Morgan fingerprint density at radius 3 is 2.67 bits per heavy atom. The average molecular weight is 286 g/mol. The van der Waals surface area contributed by atoms with Gasteiger partial charge in [-0.3, -0.25) is 0 Å². The van der Waals surface area contributed by atoms with Gasteiger partial charge in [-0.1, -0.05) is 52.2 Å². The van der Waals surface area contributed by atoms with Crippen LogP contribution in [0.15, 0.2) is 24.3 Å². The topological polar surface area (TPSA) is 63.8 Å². The number of nitrogens with one attached hydrogen (secondary N) is 1. The number of nitrogens with two attached hydrogens (primary N) is 1. The summed E-state index contributed by atoms with van der Waals surface area (Å²) in [4.78, 5) is 8.62. The first-order valence-corrected chi connectivity index (χ1v) is 7.78. The highest BCUT2D eigenvalue weighted by Crippen LogP contribution is 2.26. The van der Waals surface area contributed by atoms with Gasteiger partial charge >= 0.3 is 0 Å². The van der Waals surface area contributed by atoms with E-state index >= 15 is 0 Å². The molecule has 0 unspecified atom stereocenters. The van der Waals surface area contributed by atoms with E-state index in [-0.39, 0.29) is 5.41 Å². The smallest absolute Gasteiger partial charge is 0.222 e. The van der Waals surface area contributed by atoms with Crippen molar-refractivity contribution in [3.05, 3.63) is 24.3 Å². The molecule has 114 valence electrons. The molecule has 0 amide bonds. The molecule has 3 N–H and O–H groups in total. The molecule has 2 aromatic rings. The third-order valence-corrected chi connectivity index (χ3v) is 3.81. The lowest BCUT2D eigenvalue weighted by Gasteiger charge is -2.25. The van der Waals surface area contributed by atoms with Crippen LogP contribution in [0.4, 0.5) is 11.8 Å². The maximum Gasteiger partial charge on any atom is 0.222 e. The first-order valence-electron chi connectivity index (χ1n) is 7.78. The van der Waals surface area contributed by atoms with Gasteiger partial charge < -0.3 is 11.1 Å². The number of para-hydroxylation sites is 1. The van der Waals surface area contributed by atoms with Gasteiger partial charge in [0, 0.05) is 11.9 Å². The molecule has 0 aliphatic heterocycles. The molecule has 0 atom stereocenters. The van der Waals surface area contributed by atoms with E-state index in [1.807, 2.05) is 24.3 Å². The van der Waals surface area contributed by atoms with E-state index in [2.05, 4.69) is 36.1 Å². The summed E-state index contributed by atoms with van der Waals surface area (Å²) in [5, 5.41) is 4.49. The number of anilines is 2. The summed E-state index contributed by atoms with van der Waals surface area (Å²) in [6.07, 6.45) is 5.05. The van der Waals surface area contributed by atoms with Crippen LogP contribution < -0.4 is 11.1 Å². The normalized spacial score (nSPS) is 11.8. The van der Waals surface area contributed by atoms with Crippen LogP contribution in [0.25, 0.3) is 10.9 Å². The minimum absolute atomic E-state index is 0.246. The first-order chi connectivity index (χ1) is 10.0. The highest BCUT2D eigenvalue weighted by atomic mass is 15.1. The quantitative estimate of drug-likeness (QED) is 0.748. The highest BCUT2D eigenvalue weighted by Gasteiger charge is 2.18. The lowest BCUT2D eigenvalue weighted by Crippen LogP contribution is -2.23. The maximum atomic E-state index is 5.80. The molecule has 0 aliphatic carbocycles. The molecule has 0 fully saturated rings. The molecule has 0 aliphatic rings. The Hall–Kier alpha value is -1.84. The number of fused-ring (bicyclic) bond motifs is 1. The van der Waals surface area contributed by atoms with E-state index in [1.165, 1.54) is 25.7 Å². The predicted octanol–water partition coefficient (Wildman–Crippen LogP) is 4.23. The zero-order chi connectivity index (χ0) is 15.3. The van der Waals surface area contributed by atoms with Crippen molar-refractivity contribution < 1.29 is 0 Å². The van der Waals surface area contributed by atoms with Crippen LogP contribution in [0.5, 0.6) is 0 Å². The van der Waals surface area contributed by atoms with Crippen molar-refractivity contribution in [2.24, 2.45) is 5.41 Å². The predicted molar refractivity (Wildman–Crippen MR) is 90.4 cm³/mol. The average Bonchev–Trinajstić information content (AvgIpc) is 2.45. The molecule has 21 heavy (non-hydrogen) atoms. The van der Waals surface area contributed by atoms with Crippen molar-refractivity contribution in [1.82, 2.24) is 9.97 Å². The van der Waals surface area contributed by atoms with Gasteiger partial charge in [0.2, 0.25) is 5.95 Å². The number of nitrogens with zero attached hydrogens (tertiary/aromatic N) is 2. The Balaban J connectivity index is 2.09. The zero-order valence-electron chi connectivity index (χ0n) is 13.3. The van der Waals surface area contributed by atoms with Gasteiger partial charge in [0.1, 0.15) is 5.82 Å². The molecule has 1 aromatic heterocycles. The van der Waals surface area contributed by atoms with E-state index in [0.29, 0.717) is 5.95 Å². The molecule has 0 saturated carbocycles. The third-order valence-electron chi connectivity index (χ3n) is 3.81. The second-order valence-electron chi connectivity index (χ2n) is 6.42. The number of rotatable bonds is 7. The summed E-state index contributed by atoms with van der Waals surface area (Å²) in [5.41, 5.74) is 6.93. The Labute approximate surface area is 127 Å². The fourth-order valence-corrected chi connectivity index (χ4v) is 2.49. The van der Waals surface area contributed by atoms with E-state index in [1.54, 1.807) is 0 Å². The number of benzene rings is 1. The van der Waals surface area contributed by atoms with Crippen molar-refractivity contribution >= 4 is 22.7 Å². The molecule has 1 heterocycles. The van der Waals surface area contributed by atoms with Crippen LogP contribution in [0.1, 0.15) is 46.5 Å². The summed E-state index contributed by atoms with van der Waals surface area (Å²) in [5.74, 6) is 1.15. The van der Waals surface area contributed by atoms with Gasteiger partial charge in [0.15, 0.2) is 0 Å². The maximum absolute atomic E-state index is 5.80. The lowest BCUT2D eigenvalue weighted by molar-refractivity contribution is 0.342. The zero-order valence-corrected chi connectivity index (χ0v) is 13.3. The van der Waals surface area contributed by atoms with Crippen LogP contribution in [0.3, 0.4) is 0 Å². The fourth-order valence-electron chi connectivity index (χ4n) is 2.49. The number of hydrogen-bond acceptors (Lipinski definition) is 4. The van der Waals surface area contributed by atoms with Gasteiger partial charge in [-0.25, -0.2) is 4.98 Å². The number of nitrogen functional groups attached to an aromatic ring is 1. The van der Waals surface area contributed by atoms with Gasteiger partial charge in [0.05, 0.1) is 5.52 Å². The molecule has 0 saturated heterocycles. The fraction of sp³-hybridized carbons (Fsp3) is 0.529. The first kappa shape index (κ1) is 15.5. The van der Waals surface area contributed by atoms with Crippen LogP contribution in [-0.2, 0) is 0 Å². The minimum atomic E-state index is 0.246. The molecule has 1 aromatic carbocycles. The van der Waals surface area contributed by atoms with Crippen molar-refractivity contribution in [1.29, 1.82) is 0 Å². The van der Waals surface area contributed by atoms with Gasteiger partial charge in [-0.15, -0.1) is 0 Å². The molecule has 4 heteroatoms. The second-order valence-corrected chi connectivity index (χ2v) is 6.42. The Morgan fingerprint density at radius 2 is 1.90 bits per heavy atom. The van der Waals surface area contributed by atoms with Crippen molar-refractivity contribution in [2.75, 3.05) is 17.6 Å². The van der Waals surface area contributed by atoms with Crippen LogP contribution >= 0.6 is 0 Å². The van der Waals surface area contributed by atoms with Gasteiger partial charge in [-0.2, -0.15) is 4.98 Å². The minimum Gasteiger partial charge on any atom is -0.369 e. The largest absolute Gasteiger partial charge is 0.369 e. The Morgan fingerprint density at radius 1 is 1.14 bits per heavy atom. The highest BCUT2D eigenvalue weighted by molar-refractivity contribution is 5.89. The second kappa shape index (κ2) is 6.74. The summed E-state index contributed by atoms with van der Waals surface area (Å²) >= 11 is 0. The summed E-state index contributed by atoms with van der Waals surface area (Å²) in [6.45, 7) is 7.71. The van der Waals surface area contributed by atoms with E-state index in [0.717, 1.165) is 23.3 Å². The molecule has 0 bridgehead atoms. The number of hydrogen-bond donors (Lipinski definition) is 2.